The normalized spacial score (nSPS) is 11.4. The van der Waals surface area contributed by atoms with Gasteiger partial charge in [0, 0.05) is 6.61 Å². The third kappa shape index (κ3) is 14.2. The third-order valence-corrected chi connectivity index (χ3v) is 1.29. The number of nitrogens with two attached hydrogens (primary N) is 2. The van der Waals surface area contributed by atoms with E-state index in [9.17, 15) is 4.79 Å². The van der Waals surface area contributed by atoms with Crippen molar-refractivity contribution >= 4 is 5.97 Å². The molecule has 0 amide bonds. The minimum atomic E-state index is -0.933. The average molecular weight is 192 g/mol. The van der Waals surface area contributed by atoms with E-state index in [0.29, 0.717) is 13.0 Å². The van der Waals surface area contributed by atoms with E-state index in [2.05, 4.69) is 0 Å². The fraction of sp³-hybridized carbons (Fsp3) is 0.875. The summed E-state index contributed by atoms with van der Waals surface area (Å²) in [6.45, 7) is 2.53. The van der Waals surface area contributed by atoms with E-state index in [4.69, 9.17) is 21.7 Å². The summed E-state index contributed by atoms with van der Waals surface area (Å²) in [6, 6.07) is -0.716. The first-order chi connectivity index (χ1) is 6.09. The Kier molecular flexibility index (Phi) is 13.0. The predicted molar refractivity (Wildman–Crippen MR) is 51.3 cm³/mol. The molecule has 0 fully saturated rings. The first-order valence-electron chi connectivity index (χ1n) is 4.39. The molecular weight excluding hydrogens is 172 g/mol. The Morgan fingerprint density at radius 1 is 1.46 bits per heavy atom. The third-order valence-electron chi connectivity index (χ3n) is 1.29. The van der Waals surface area contributed by atoms with Gasteiger partial charge < -0.3 is 21.7 Å². The smallest absolute Gasteiger partial charge is 0.320 e. The number of hydrogen-bond donors (Lipinski definition) is 4. The second-order valence-electron chi connectivity index (χ2n) is 2.55. The molecule has 0 rings (SSSR count). The highest BCUT2D eigenvalue weighted by Crippen LogP contribution is 1.96. The fourth-order valence-corrected chi connectivity index (χ4v) is 0.632. The molecule has 0 spiro atoms. The van der Waals surface area contributed by atoms with Crippen LogP contribution in [-0.4, -0.2) is 35.4 Å². The number of unbranched alkanes of at least 4 members (excludes halogenated alkanes) is 1. The second-order valence-corrected chi connectivity index (χ2v) is 2.55. The Bertz CT molecular complexity index is 120. The Labute approximate surface area is 78.7 Å². The molecule has 0 heterocycles. The van der Waals surface area contributed by atoms with Crippen LogP contribution in [0.15, 0.2) is 0 Å². The molecular formula is C8H20N2O3. The van der Waals surface area contributed by atoms with Crippen LogP contribution in [0.25, 0.3) is 0 Å². The highest BCUT2D eigenvalue weighted by Gasteiger charge is 2.09. The van der Waals surface area contributed by atoms with Crippen molar-refractivity contribution in [3.8, 4) is 0 Å². The lowest BCUT2D eigenvalue weighted by Gasteiger charge is -2.03. The zero-order valence-electron chi connectivity index (χ0n) is 8.07. The van der Waals surface area contributed by atoms with Crippen LogP contribution < -0.4 is 11.5 Å². The molecule has 80 valence electrons. The standard InChI is InChI=1S/C6H14N2O2.C2H6O/c7-4-2-1-3-5(8)6(9)10;1-2-3/h5H,1-4,7-8H2,(H,9,10);3H,2H2,1H3/t5-;/m0./s1. The molecule has 13 heavy (non-hydrogen) atoms. The molecule has 5 nitrogen and oxygen atoms in total. The van der Waals surface area contributed by atoms with E-state index < -0.39 is 12.0 Å². The van der Waals surface area contributed by atoms with Crippen LogP contribution in [0, 0.1) is 0 Å². The summed E-state index contributed by atoms with van der Waals surface area (Å²) < 4.78 is 0. The number of aliphatic hydroxyl groups is 1. The molecule has 0 aromatic carbocycles. The minimum absolute atomic E-state index is 0.250. The topological polar surface area (TPSA) is 110 Å². The second kappa shape index (κ2) is 11.4. The molecule has 0 saturated carbocycles. The first-order valence-corrected chi connectivity index (χ1v) is 4.39. The summed E-state index contributed by atoms with van der Waals surface area (Å²) in [5, 5.41) is 15.9. The fourth-order valence-electron chi connectivity index (χ4n) is 0.632. The van der Waals surface area contributed by atoms with E-state index in [1.54, 1.807) is 6.92 Å². The Morgan fingerprint density at radius 3 is 2.23 bits per heavy atom. The van der Waals surface area contributed by atoms with Crippen LogP contribution in [0.5, 0.6) is 0 Å². The van der Waals surface area contributed by atoms with E-state index in [1.165, 1.54) is 0 Å². The molecule has 0 aliphatic heterocycles. The number of carbonyl (C=O) groups is 1. The molecule has 0 saturated heterocycles. The maximum absolute atomic E-state index is 10.1. The molecule has 0 aliphatic rings. The molecule has 0 aliphatic carbocycles. The van der Waals surface area contributed by atoms with Crippen LogP contribution >= 0.6 is 0 Å². The minimum Gasteiger partial charge on any atom is -0.480 e. The SMILES string of the molecule is CCO.NCCCC[C@H](N)C(=O)O. The lowest BCUT2D eigenvalue weighted by molar-refractivity contribution is -0.138. The van der Waals surface area contributed by atoms with Gasteiger partial charge in [0.25, 0.3) is 0 Å². The maximum Gasteiger partial charge on any atom is 0.320 e. The van der Waals surface area contributed by atoms with Crippen LogP contribution in [0.1, 0.15) is 26.2 Å². The number of aliphatic hydroxyl groups excluding tert-OH is 1. The lowest BCUT2D eigenvalue weighted by atomic mass is 10.1. The van der Waals surface area contributed by atoms with Gasteiger partial charge in [0.05, 0.1) is 0 Å². The van der Waals surface area contributed by atoms with Gasteiger partial charge in [-0.15, -0.1) is 0 Å². The van der Waals surface area contributed by atoms with Crippen molar-refractivity contribution in [1.29, 1.82) is 0 Å². The van der Waals surface area contributed by atoms with Crippen LogP contribution in [0.2, 0.25) is 0 Å². The van der Waals surface area contributed by atoms with Gasteiger partial charge in [-0.2, -0.15) is 0 Å². The van der Waals surface area contributed by atoms with Gasteiger partial charge in [0.1, 0.15) is 6.04 Å². The van der Waals surface area contributed by atoms with Gasteiger partial charge in [0.15, 0.2) is 0 Å². The predicted octanol–water partition coefficient (Wildman–Crippen LogP) is -0.474. The van der Waals surface area contributed by atoms with Gasteiger partial charge in [-0.3, -0.25) is 4.79 Å². The average Bonchev–Trinajstić information content (AvgIpc) is 2.06. The number of carboxylic acid groups (broad SMARTS) is 1. The van der Waals surface area contributed by atoms with Crippen LogP contribution in [0.4, 0.5) is 0 Å². The molecule has 0 aromatic heterocycles. The molecule has 0 radical (unpaired) electrons. The molecule has 0 bridgehead atoms. The van der Waals surface area contributed by atoms with Crippen molar-refractivity contribution < 1.29 is 15.0 Å². The molecule has 6 N–H and O–H groups in total. The van der Waals surface area contributed by atoms with Crippen molar-refractivity contribution in [3.63, 3.8) is 0 Å². The summed E-state index contributed by atoms with van der Waals surface area (Å²) in [5.74, 6) is -0.933. The Morgan fingerprint density at radius 2 is 1.92 bits per heavy atom. The van der Waals surface area contributed by atoms with E-state index in [1.807, 2.05) is 0 Å². The molecule has 0 unspecified atom stereocenters. The monoisotopic (exact) mass is 192 g/mol. The van der Waals surface area contributed by atoms with Crippen LogP contribution in [-0.2, 0) is 4.79 Å². The largest absolute Gasteiger partial charge is 0.480 e. The summed E-state index contributed by atoms with van der Waals surface area (Å²) >= 11 is 0. The lowest BCUT2D eigenvalue weighted by Crippen LogP contribution is -2.29. The highest BCUT2D eigenvalue weighted by molar-refractivity contribution is 5.72. The van der Waals surface area contributed by atoms with E-state index in [0.717, 1.165) is 12.8 Å². The van der Waals surface area contributed by atoms with Gasteiger partial charge in [-0.05, 0) is 26.3 Å². The van der Waals surface area contributed by atoms with Crippen molar-refractivity contribution in [2.45, 2.75) is 32.2 Å². The Balaban J connectivity index is 0. The summed E-state index contributed by atoms with van der Waals surface area (Å²) in [5.41, 5.74) is 10.4. The highest BCUT2D eigenvalue weighted by atomic mass is 16.4. The van der Waals surface area contributed by atoms with Crippen molar-refractivity contribution in [2.24, 2.45) is 11.5 Å². The summed E-state index contributed by atoms with van der Waals surface area (Å²) in [4.78, 5) is 10.1. The number of rotatable bonds is 5. The molecule has 1 atom stereocenters. The van der Waals surface area contributed by atoms with Crippen molar-refractivity contribution in [3.05, 3.63) is 0 Å². The number of aliphatic carboxylic acids is 1. The molecule has 0 aromatic rings. The van der Waals surface area contributed by atoms with E-state index in [-0.39, 0.29) is 6.61 Å². The van der Waals surface area contributed by atoms with Gasteiger partial charge >= 0.3 is 5.97 Å². The number of hydrogen-bond acceptors (Lipinski definition) is 4. The maximum atomic E-state index is 10.1. The van der Waals surface area contributed by atoms with Crippen LogP contribution in [0.3, 0.4) is 0 Å². The van der Waals surface area contributed by atoms with Gasteiger partial charge in [-0.1, -0.05) is 6.42 Å². The van der Waals surface area contributed by atoms with E-state index >= 15 is 0 Å². The summed E-state index contributed by atoms with van der Waals surface area (Å²) in [6.07, 6.45) is 2.16. The van der Waals surface area contributed by atoms with Gasteiger partial charge in [-0.25, -0.2) is 0 Å². The molecule has 5 heteroatoms. The zero-order valence-corrected chi connectivity index (χ0v) is 8.07. The van der Waals surface area contributed by atoms with Gasteiger partial charge in [0.2, 0.25) is 0 Å². The first kappa shape index (κ1) is 14.9. The quantitative estimate of drug-likeness (QED) is 0.440. The summed E-state index contributed by atoms with van der Waals surface area (Å²) in [7, 11) is 0. The van der Waals surface area contributed by atoms with Crippen molar-refractivity contribution in [1.82, 2.24) is 0 Å². The zero-order chi connectivity index (χ0) is 10.7. The Hall–Kier alpha value is -0.650. The number of carboxylic acids is 1. The van der Waals surface area contributed by atoms with Crippen molar-refractivity contribution in [2.75, 3.05) is 13.2 Å².